The number of nitrogens with zero attached hydrogens (tertiary/aromatic N) is 1. The van der Waals surface area contributed by atoms with Crippen LogP contribution in [-0.2, 0) is 14.3 Å². The Labute approximate surface area is 192 Å². The number of alkyl carbamates (subject to hydrolysis) is 1. The highest BCUT2D eigenvalue weighted by molar-refractivity contribution is 5.93. The molecular weight excluding hydrogens is 406 g/mol. The highest BCUT2D eigenvalue weighted by Gasteiger charge is 2.37. The van der Waals surface area contributed by atoms with Crippen LogP contribution in [0.25, 0.3) is 0 Å². The van der Waals surface area contributed by atoms with Crippen LogP contribution < -0.4 is 10.6 Å². The van der Waals surface area contributed by atoms with Crippen LogP contribution in [0.2, 0.25) is 0 Å². The van der Waals surface area contributed by atoms with Crippen LogP contribution in [0.15, 0.2) is 18.2 Å². The van der Waals surface area contributed by atoms with Gasteiger partial charge in [0.2, 0.25) is 5.91 Å². The molecule has 7 heteroatoms. The third-order valence-electron chi connectivity index (χ3n) is 4.48. The number of amides is 3. The van der Waals surface area contributed by atoms with Gasteiger partial charge in [-0.15, -0.1) is 0 Å². The number of aryl methyl sites for hydroxylation is 2. The van der Waals surface area contributed by atoms with Gasteiger partial charge in [0.1, 0.15) is 17.7 Å². The Bertz CT molecular complexity index is 858. The third-order valence-corrected chi connectivity index (χ3v) is 4.48. The molecule has 0 heterocycles. The van der Waals surface area contributed by atoms with E-state index in [4.69, 9.17) is 11.2 Å². The Morgan fingerprint density at radius 1 is 1.00 bits per heavy atom. The maximum atomic E-state index is 13.5. The highest BCUT2D eigenvalue weighted by atomic mass is 16.6. The highest BCUT2D eigenvalue weighted by Crippen LogP contribution is 2.25. The second-order valence-corrected chi connectivity index (χ2v) is 9.69. The molecule has 0 fully saturated rings. The maximum Gasteiger partial charge on any atom is 0.408 e. The van der Waals surface area contributed by atoms with Crippen LogP contribution in [0, 0.1) is 32.2 Å². The Morgan fingerprint density at radius 3 is 1.94 bits per heavy atom. The second-order valence-electron chi connectivity index (χ2n) is 9.69. The van der Waals surface area contributed by atoms with Crippen LogP contribution in [-0.4, -0.2) is 40.5 Å². The summed E-state index contributed by atoms with van der Waals surface area (Å²) < 4.78 is 5.31. The fraction of sp³-hybridized carbons (Fsp3) is 0.560. The molecule has 0 saturated carbocycles. The number of nitrogens with one attached hydrogen (secondary N) is 2. The van der Waals surface area contributed by atoms with Crippen molar-refractivity contribution in [2.24, 2.45) is 5.92 Å². The van der Waals surface area contributed by atoms with E-state index in [1.807, 2.05) is 45.9 Å². The monoisotopic (exact) mass is 443 g/mol. The minimum atomic E-state index is -1.05. The predicted molar refractivity (Wildman–Crippen MR) is 126 cm³/mol. The average molecular weight is 444 g/mol. The van der Waals surface area contributed by atoms with Gasteiger partial charge in [-0.05, 0) is 59.9 Å². The van der Waals surface area contributed by atoms with E-state index in [0.29, 0.717) is 5.56 Å². The SMILES string of the molecule is C#CN(C(=O)C(NC(=O)OC(C)(C)C)C(C)C)C(C(=O)NC(C)C)c1cc(C)cc(C)c1. The van der Waals surface area contributed by atoms with E-state index in [1.54, 1.807) is 34.6 Å². The van der Waals surface area contributed by atoms with Crippen molar-refractivity contribution in [3.63, 3.8) is 0 Å². The van der Waals surface area contributed by atoms with E-state index in [9.17, 15) is 14.4 Å². The van der Waals surface area contributed by atoms with E-state index in [1.165, 1.54) is 0 Å². The molecule has 0 aromatic heterocycles. The molecule has 1 aromatic carbocycles. The van der Waals surface area contributed by atoms with Crippen LogP contribution in [0.3, 0.4) is 0 Å². The number of carbonyl (C=O) groups excluding carboxylic acids is 3. The number of hydrogen-bond donors (Lipinski definition) is 2. The van der Waals surface area contributed by atoms with Crippen molar-refractivity contribution in [3.8, 4) is 12.5 Å². The van der Waals surface area contributed by atoms with E-state index in [0.717, 1.165) is 16.0 Å². The molecule has 0 aliphatic heterocycles. The summed E-state index contributed by atoms with van der Waals surface area (Å²) in [7, 11) is 0. The van der Waals surface area contributed by atoms with E-state index >= 15 is 0 Å². The predicted octanol–water partition coefficient (Wildman–Crippen LogP) is 3.84. The zero-order valence-electron chi connectivity index (χ0n) is 20.7. The molecule has 0 radical (unpaired) electrons. The normalized spacial score (nSPS) is 13.2. The summed E-state index contributed by atoms with van der Waals surface area (Å²) in [6.07, 6.45) is 5.03. The molecule has 0 saturated heterocycles. The largest absolute Gasteiger partial charge is 0.444 e. The summed E-state index contributed by atoms with van der Waals surface area (Å²) in [5.74, 6) is -1.24. The first-order chi connectivity index (χ1) is 14.7. The van der Waals surface area contributed by atoms with Gasteiger partial charge in [0.15, 0.2) is 0 Å². The number of rotatable bonds is 7. The molecule has 7 nitrogen and oxygen atoms in total. The topological polar surface area (TPSA) is 87.7 Å². The van der Waals surface area contributed by atoms with Gasteiger partial charge in [-0.25, -0.2) is 4.79 Å². The fourth-order valence-electron chi connectivity index (χ4n) is 3.31. The van der Waals surface area contributed by atoms with Gasteiger partial charge >= 0.3 is 6.09 Å². The summed E-state index contributed by atoms with van der Waals surface area (Å²) >= 11 is 0. The molecule has 0 aliphatic carbocycles. The quantitative estimate of drug-likeness (QED) is 0.495. The van der Waals surface area contributed by atoms with E-state index in [2.05, 4.69) is 16.7 Å². The van der Waals surface area contributed by atoms with Gasteiger partial charge in [0.25, 0.3) is 5.91 Å². The molecule has 0 aliphatic rings. The van der Waals surface area contributed by atoms with Gasteiger partial charge in [0.05, 0.1) is 0 Å². The molecule has 2 unspecified atom stereocenters. The van der Waals surface area contributed by atoms with Crippen LogP contribution >= 0.6 is 0 Å². The fourth-order valence-corrected chi connectivity index (χ4v) is 3.31. The Balaban J connectivity index is 3.41. The van der Waals surface area contributed by atoms with Crippen molar-refractivity contribution in [2.45, 2.75) is 86.0 Å². The van der Waals surface area contributed by atoms with E-state index in [-0.39, 0.29) is 12.0 Å². The molecule has 1 rings (SSSR count). The minimum absolute atomic E-state index is 0.147. The lowest BCUT2D eigenvalue weighted by atomic mass is 9.97. The van der Waals surface area contributed by atoms with Crippen LogP contribution in [0.5, 0.6) is 0 Å². The van der Waals surface area contributed by atoms with Gasteiger partial charge in [-0.2, -0.15) is 0 Å². The summed E-state index contributed by atoms with van der Waals surface area (Å²) in [5.41, 5.74) is 1.77. The van der Waals surface area contributed by atoms with Crippen molar-refractivity contribution in [3.05, 3.63) is 34.9 Å². The zero-order valence-corrected chi connectivity index (χ0v) is 20.7. The van der Waals surface area contributed by atoms with Gasteiger partial charge in [0, 0.05) is 12.1 Å². The molecule has 0 bridgehead atoms. The van der Waals surface area contributed by atoms with Crippen LogP contribution in [0.4, 0.5) is 4.79 Å². The molecule has 32 heavy (non-hydrogen) atoms. The first kappa shape index (κ1) is 27.0. The first-order valence-corrected chi connectivity index (χ1v) is 10.8. The number of benzene rings is 1. The molecule has 2 N–H and O–H groups in total. The smallest absolute Gasteiger partial charge is 0.408 e. The minimum Gasteiger partial charge on any atom is -0.444 e. The molecule has 1 aromatic rings. The Kier molecular flexibility index (Phi) is 9.32. The molecule has 176 valence electrons. The Hall–Kier alpha value is -3.01. The lowest BCUT2D eigenvalue weighted by Crippen LogP contribution is -2.53. The molecule has 3 amide bonds. The maximum absolute atomic E-state index is 13.5. The molecule has 0 spiro atoms. The van der Waals surface area contributed by atoms with Crippen molar-refractivity contribution < 1.29 is 19.1 Å². The van der Waals surface area contributed by atoms with E-state index < -0.39 is 35.6 Å². The number of terminal acetylenes is 1. The van der Waals surface area contributed by atoms with Crippen molar-refractivity contribution in [1.82, 2.24) is 15.5 Å². The molecular formula is C25H37N3O4. The summed E-state index contributed by atoms with van der Waals surface area (Å²) in [4.78, 5) is 40.1. The summed E-state index contributed by atoms with van der Waals surface area (Å²) in [5, 5.41) is 5.47. The number of carbonyl (C=O) groups is 3. The standard InChI is InChI=1S/C25H37N3O4/c1-11-28(23(30)20(15(2)3)27-24(31)32-25(8,9)10)21(22(29)26-16(4)5)19-13-17(6)12-18(7)14-19/h1,12-16,20-21H,2-10H3,(H,26,29)(H,27,31). The third kappa shape index (κ3) is 7.92. The van der Waals surface area contributed by atoms with Crippen LogP contribution in [0.1, 0.15) is 71.2 Å². The number of ether oxygens (including phenoxy) is 1. The summed E-state index contributed by atoms with van der Waals surface area (Å²) in [6, 6.07) is 5.86. The lowest BCUT2D eigenvalue weighted by Gasteiger charge is -2.32. The van der Waals surface area contributed by atoms with Crippen molar-refractivity contribution >= 4 is 17.9 Å². The van der Waals surface area contributed by atoms with Crippen molar-refractivity contribution in [1.29, 1.82) is 0 Å². The summed E-state index contributed by atoms with van der Waals surface area (Å²) in [6.45, 7) is 16.3. The number of hydrogen-bond acceptors (Lipinski definition) is 4. The lowest BCUT2D eigenvalue weighted by molar-refractivity contribution is -0.139. The van der Waals surface area contributed by atoms with Gasteiger partial charge < -0.3 is 15.4 Å². The zero-order chi connectivity index (χ0) is 24.8. The molecule has 2 atom stereocenters. The van der Waals surface area contributed by atoms with Gasteiger partial charge in [-0.1, -0.05) is 49.6 Å². The van der Waals surface area contributed by atoms with Crippen molar-refractivity contribution in [2.75, 3.05) is 0 Å². The Morgan fingerprint density at radius 2 is 1.53 bits per heavy atom. The second kappa shape index (κ2) is 11.0. The average Bonchev–Trinajstić information content (AvgIpc) is 2.60. The van der Waals surface area contributed by atoms with Gasteiger partial charge in [-0.3, -0.25) is 14.5 Å². The first-order valence-electron chi connectivity index (χ1n) is 10.8.